The number of hydrogen-bond acceptors (Lipinski definition) is 3. The molecule has 0 aliphatic rings. The molecule has 0 bridgehead atoms. The number of aryl methyl sites for hydroxylation is 2. The van der Waals surface area contributed by atoms with Gasteiger partial charge in [-0.05, 0) is 25.1 Å². The van der Waals surface area contributed by atoms with E-state index < -0.39 is 0 Å². The van der Waals surface area contributed by atoms with Crippen LogP contribution in [0.2, 0.25) is 0 Å². The fourth-order valence-electron chi connectivity index (χ4n) is 1.89. The molecule has 0 radical (unpaired) electrons. The number of benzene rings is 1. The Balaban J connectivity index is 2.47. The lowest BCUT2D eigenvalue weighted by molar-refractivity contribution is -0.122. The third kappa shape index (κ3) is 2.59. The van der Waals surface area contributed by atoms with Gasteiger partial charge < -0.3 is 14.6 Å². The van der Waals surface area contributed by atoms with Crippen molar-refractivity contribution in [1.82, 2.24) is 9.88 Å². The molecule has 1 aromatic carbocycles. The minimum absolute atomic E-state index is 0.164. The summed E-state index contributed by atoms with van der Waals surface area (Å²) in [6.07, 6.45) is 0. The van der Waals surface area contributed by atoms with E-state index in [9.17, 15) is 9.59 Å². The Kier molecular flexibility index (Phi) is 3.55. The van der Waals surface area contributed by atoms with Gasteiger partial charge in [-0.15, -0.1) is 0 Å². The van der Waals surface area contributed by atoms with Gasteiger partial charge in [0, 0.05) is 19.5 Å². The zero-order chi connectivity index (χ0) is 14.0. The number of nitrogens with zero attached hydrogens (tertiary/aromatic N) is 1. The molecule has 1 N–H and O–H groups in total. The van der Waals surface area contributed by atoms with Crippen LogP contribution in [-0.2, 0) is 11.8 Å². The lowest BCUT2D eigenvalue weighted by atomic mass is 10.1. The van der Waals surface area contributed by atoms with Gasteiger partial charge in [0.15, 0.2) is 12.4 Å². The molecular weight excluding hydrogens is 244 g/mol. The highest BCUT2D eigenvalue weighted by Crippen LogP contribution is 2.18. The summed E-state index contributed by atoms with van der Waals surface area (Å²) in [6, 6.07) is 7.50. The first kappa shape index (κ1) is 13.1. The molecule has 0 fully saturated rings. The predicted octanol–water partition coefficient (Wildman–Crippen LogP) is 0.972. The monoisotopic (exact) mass is 260 g/mol. The van der Waals surface area contributed by atoms with Crippen LogP contribution in [0.5, 0.6) is 5.75 Å². The lowest BCUT2D eigenvalue weighted by Gasteiger charge is -2.10. The van der Waals surface area contributed by atoms with Crippen LogP contribution in [0.25, 0.3) is 10.9 Å². The number of carbonyl (C=O) groups excluding carboxylic acids is 1. The first-order valence-electron chi connectivity index (χ1n) is 5.96. The van der Waals surface area contributed by atoms with E-state index in [4.69, 9.17) is 4.74 Å². The van der Waals surface area contributed by atoms with E-state index in [1.165, 1.54) is 11.6 Å². The number of aromatic nitrogens is 1. The summed E-state index contributed by atoms with van der Waals surface area (Å²) in [5.41, 5.74) is 1.69. The predicted molar refractivity (Wildman–Crippen MR) is 73.5 cm³/mol. The number of ether oxygens (including phenoxy) is 1. The van der Waals surface area contributed by atoms with E-state index in [2.05, 4.69) is 5.32 Å². The number of rotatable bonds is 3. The van der Waals surface area contributed by atoms with Gasteiger partial charge in [-0.25, -0.2) is 0 Å². The molecule has 5 heteroatoms. The molecular formula is C14H16N2O3. The van der Waals surface area contributed by atoms with Gasteiger partial charge >= 0.3 is 0 Å². The SMILES string of the molecule is CNC(=O)COc1cc2cc(C)ccc2n(C)c1=O. The maximum absolute atomic E-state index is 12.1. The lowest BCUT2D eigenvalue weighted by Crippen LogP contribution is -2.27. The Morgan fingerprint density at radius 2 is 2.11 bits per heavy atom. The second kappa shape index (κ2) is 5.14. The van der Waals surface area contributed by atoms with Crippen molar-refractivity contribution in [2.75, 3.05) is 13.7 Å². The molecule has 5 nitrogen and oxygen atoms in total. The summed E-state index contributed by atoms with van der Waals surface area (Å²) < 4.78 is 6.79. The molecule has 1 heterocycles. The normalized spacial score (nSPS) is 10.5. The van der Waals surface area contributed by atoms with Crippen LogP contribution in [-0.4, -0.2) is 24.1 Å². The standard InChI is InChI=1S/C14H16N2O3/c1-9-4-5-11-10(6-9)7-12(14(18)16(11)3)19-8-13(17)15-2/h4-7H,8H2,1-3H3,(H,15,17). The Morgan fingerprint density at radius 1 is 1.37 bits per heavy atom. The number of fused-ring (bicyclic) bond motifs is 1. The molecule has 19 heavy (non-hydrogen) atoms. The van der Waals surface area contributed by atoms with Crippen LogP contribution in [0.3, 0.4) is 0 Å². The van der Waals surface area contributed by atoms with Crippen molar-refractivity contribution in [2.45, 2.75) is 6.92 Å². The molecule has 1 aromatic heterocycles. The van der Waals surface area contributed by atoms with Crippen LogP contribution in [0.1, 0.15) is 5.56 Å². The van der Waals surface area contributed by atoms with E-state index in [0.717, 1.165) is 16.5 Å². The zero-order valence-corrected chi connectivity index (χ0v) is 11.2. The quantitative estimate of drug-likeness (QED) is 0.894. The van der Waals surface area contributed by atoms with Gasteiger partial charge in [0.05, 0.1) is 5.52 Å². The highest BCUT2D eigenvalue weighted by molar-refractivity contribution is 5.81. The molecule has 0 aliphatic carbocycles. The van der Waals surface area contributed by atoms with Gasteiger partial charge in [0.25, 0.3) is 11.5 Å². The smallest absolute Gasteiger partial charge is 0.293 e. The van der Waals surface area contributed by atoms with E-state index in [1.807, 2.05) is 25.1 Å². The molecule has 2 aromatic rings. The van der Waals surface area contributed by atoms with Gasteiger partial charge in [0.1, 0.15) is 0 Å². The van der Waals surface area contributed by atoms with E-state index in [-0.39, 0.29) is 23.8 Å². The van der Waals surface area contributed by atoms with Crippen molar-refractivity contribution in [3.8, 4) is 5.75 Å². The van der Waals surface area contributed by atoms with Crippen molar-refractivity contribution < 1.29 is 9.53 Å². The van der Waals surface area contributed by atoms with Crippen LogP contribution in [0.15, 0.2) is 29.1 Å². The van der Waals surface area contributed by atoms with Gasteiger partial charge in [-0.1, -0.05) is 11.6 Å². The van der Waals surface area contributed by atoms with Crippen LogP contribution in [0, 0.1) is 6.92 Å². The van der Waals surface area contributed by atoms with Crippen LogP contribution in [0.4, 0.5) is 0 Å². The Bertz CT molecular complexity index is 689. The second-order valence-corrected chi connectivity index (χ2v) is 4.40. The van der Waals surface area contributed by atoms with E-state index in [1.54, 1.807) is 13.1 Å². The highest BCUT2D eigenvalue weighted by atomic mass is 16.5. The number of carbonyl (C=O) groups is 1. The fraction of sp³-hybridized carbons (Fsp3) is 0.286. The van der Waals surface area contributed by atoms with Crippen LogP contribution < -0.4 is 15.6 Å². The van der Waals surface area contributed by atoms with Crippen molar-refractivity contribution in [2.24, 2.45) is 7.05 Å². The topological polar surface area (TPSA) is 60.3 Å². The first-order chi connectivity index (χ1) is 9.02. The van der Waals surface area contributed by atoms with Crippen LogP contribution >= 0.6 is 0 Å². The summed E-state index contributed by atoms with van der Waals surface area (Å²) in [7, 11) is 3.21. The largest absolute Gasteiger partial charge is 0.478 e. The molecule has 0 atom stereocenters. The molecule has 0 spiro atoms. The fourth-order valence-corrected chi connectivity index (χ4v) is 1.89. The van der Waals surface area contributed by atoms with Crippen molar-refractivity contribution in [1.29, 1.82) is 0 Å². The van der Waals surface area contributed by atoms with E-state index >= 15 is 0 Å². The maximum atomic E-state index is 12.1. The molecule has 0 saturated heterocycles. The molecule has 2 rings (SSSR count). The maximum Gasteiger partial charge on any atom is 0.293 e. The molecule has 0 saturated carbocycles. The number of hydrogen-bond donors (Lipinski definition) is 1. The van der Waals surface area contributed by atoms with Crippen molar-refractivity contribution in [3.63, 3.8) is 0 Å². The average molecular weight is 260 g/mol. The number of pyridine rings is 1. The summed E-state index contributed by atoms with van der Waals surface area (Å²) >= 11 is 0. The van der Waals surface area contributed by atoms with E-state index in [0.29, 0.717) is 0 Å². The summed E-state index contributed by atoms with van der Waals surface area (Å²) in [6.45, 7) is 1.82. The van der Waals surface area contributed by atoms with Crippen molar-refractivity contribution in [3.05, 3.63) is 40.2 Å². The summed E-state index contributed by atoms with van der Waals surface area (Å²) in [5, 5.41) is 3.35. The Labute approximate surface area is 110 Å². The molecule has 100 valence electrons. The van der Waals surface area contributed by atoms with Gasteiger partial charge in [-0.3, -0.25) is 9.59 Å². The third-order valence-electron chi connectivity index (χ3n) is 2.98. The summed E-state index contributed by atoms with van der Waals surface area (Å²) in [4.78, 5) is 23.2. The Morgan fingerprint density at radius 3 is 2.79 bits per heavy atom. The molecule has 1 amide bonds. The van der Waals surface area contributed by atoms with Gasteiger partial charge in [0.2, 0.25) is 0 Å². The number of likely N-dealkylation sites (N-methyl/N-ethyl adjacent to an activating group) is 1. The minimum Gasteiger partial charge on any atom is -0.478 e. The minimum atomic E-state index is -0.272. The Hall–Kier alpha value is -2.30. The first-order valence-corrected chi connectivity index (χ1v) is 5.96. The van der Waals surface area contributed by atoms with Gasteiger partial charge in [-0.2, -0.15) is 0 Å². The second-order valence-electron chi connectivity index (χ2n) is 4.40. The number of amides is 1. The zero-order valence-electron chi connectivity index (χ0n) is 11.2. The number of nitrogens with one attached hydrogen (secondary N) is 1. The molecule has 0 aliphatic heterocycles. The molecule has 0 unspecified atom stereocenters. The van der Waals surface area contributed by atoms with Crippen molar-refractivity contribution >= 4 is 16.8 Å². The summed E-state index contributed by atoms with van der Waals surface area (Å²) in [5.74, 6) is -0.0874. The third-order valence-corrected chi connectivity index (χ3v) is 2.98. The average Bonchev–Trinajstić information content (AvgIpc) is 2.40. The highest BCUT2D eigenvalue weighted by Gasteiger charge is 2.09.